The molecule has 138 valence electrons. The molecule has 1 heterocycles. The van der Waals surface area contributed by atoms with Crippen LogP contribution in [0.15, 0.2) is 24.3 Å². The molecule has 1 aliphatic heterocycles. The number of ether oxygens (including phenoxy) is 1. The molecule has 5 heteroatoms. The van der Waals surface area contributed by atoms with E-state index < -0.39 is 0 Å². The number of hydrogen-bond donors (Lipinski definition) is 2. The molecule has 0 aromatic heterocycles. The molecular formula is C20H30N2O3. The van der Waals surface area contributed by atoms with Crippen LogP contribution < -0.4 is 10.1 Å². The van der Waals surface area contributed by atoms with Crippen LogP contribution in [0.3, 0.4) is 0 Å². The third-order valence-corrected chi connectivity index (χ3v) is 5.48. The van der Waals surface area contributed by atoms with E-state index in [2.05, 4.69) is 10.2 Å². The summed E-state index contributed by atoms with van der Waals surface area (Å²) < 4.78 is 5.22. The van der Waals surface area contributed by atoms with E-state index in [0.717, 1.165) is 37.2 Å². The van der Waals surface area contributed by atoms with E-state index in [0.29, 0.717) is 12.5 Å². The van der Waals surface area contributed by atoms with Crippen LogP contribution in [-0.4, -0.2) is 48.8 Å². The fourth-order valence-corrected chi connectivity index (χ4v) is 3.76. The quantitative estimate of drug-likeness (QED) is 0.796. The molecule has 0 spiro atoms. The van der Waals surface area contributed by atoms with Gasteiger partial charge in [0, 0.05) is 6.54 Å². The highest BCUT2D eigenvalue weighted by Crippen LogP contribution is 2.41. The second-order valence-corrected chi connectivity index (χ2v) is 7.53. The van der Waals surface area contributed by atoms with E-state index in [4.69, 9.17) is 4.74 Å². The Balaban J connectivity index is 1.57. The molecule has 1 amide bonds. The number of nitrogens with one attached hydrogen (secondary N) is 1. The normalized spacial score (nSPS) is 23.7. The first-order valence-electron chi connectivity index (χ1n) is 9.40. The van der Waals surface area contributed by atoms with Crippen molar-refractivity contribution in [3.8, 4) is 5.75 Å². The van der Waals surface area contributed by atoms with E-state index >= 15 is 0 Å². The topological polar surface area (TPSA) is 61.8 Å². The maximum Gasteiger partial charge on any atom is 0.234 e. The molecule has 0 bridgehead atoms. The lowest BCUT2D eigenvalue weighted by atomic mass is 9.93. The summed E-state index contributed by atoms with van der Waals surface area (Å²) in [5.74, 6) is 1.74. The second-order valence-electron chi connectivity index (χ2n) is 7.53. The van der Waals surface area contributed by atoms with E-state index in [-0.39, 0.29) is 24.0 Å². The molecule has 2 N–H and O–H groups in total. The van der Waals surface area contributed by atoms with Crippen LogP contribution >= 0.6 is 0 Å². The number of methoxy groups -OCH3 is 1. The number of aliphatic hydroxyl groups excluding tert-OH is 1. The van der Waals surface area contributed by atoms with Gasteiger partial charge < -0.3 is 15.2 Å². The molecule has 5 nitrogen and oxygen atoms in total. The van der Waals surface area contributed by atoms with Gasteiger partial charge in [0.25, 0.3) is 0 Å². The maximum absolute atomic E-state index is 12.6. The molecule has 25 heavy (non-hydrogen) atoms. The summed E-state index contributed by atoms with van der Waals surface area (Å²) in [4.78, 5) is 14.8. The average Bonchev–Trinajstić information content (AvgIpc) is 3.45. The molecule has 1 saturated carbocycles. The Morgan fingerprint density at radius 1 is 1.28 bits per heavy atom. The zero-order valence-electron chi connectivity index (χ0n) is 15.3. The Labute approximate surface area is 150 Å². The molecule has 1 aromatic rings. The standard InChI is InChI=1S/C20H30N2O3/c1-14(23)17-4-3-11-22(12-17)13-19(24)21-20(15-5-6-15)16-7-9-18(25-2)10-8-16/h7-10,14-15,17,20,23H,3-6,11-13H2,1-2H3,(H,21,24). The molecule has 0 radical (unpaired) electrons. The minimum absolute atomic E-state index is 0.0824. The van der Waals surface area contributed by atoms with Gasteiger partial charge in [-0.1, -0.05) is 12.1 Å². The van der Waals surface area contributed by atoms with E-state index in [1.807, 2.05) is 31.2 Å². The molecule has 3 unspecified atom stereocenters. The lowest BCUT2D eigenvalue weighted by Gasteiger charge is -2.34. The summed E-state index contributed by atoms with van der Waals surface area (Å²) in [7, 11) is 1.66. The smallest absolute Gasteiger partial charge is 0.234 e. The van der Waals surface area contributed by atoms with Crippen LogP contribution in [0.4, 0.5) is 0 Å². The molecular weight excluding hydrogens is 316 g/mol. The van der Waals surface area contributed by atoms with Gasteiger partial charge in [0.05, 0.1) is 25.8 Å². The SMILES string of the molecule is COc1ccc(C(NC(=O)CN2CCCC(C(C)O)C2)C2CC2)cc1. The van der Waals surface area contributed by atoms with Gasteiger partial charge in [0.2, 0.25) is 5.91 Å². The van der Waals surface area contributed by atoms with Crippen LogP contribution in [0.25, 0.3) is 0 Å². The summed E-state index contributed by atoms with van der Waals surface area (Å²) in [6.45, 7) is 4.01. The number of amides is 1. The second kappa shape index (κ2) is 8.19. The number of aliphatic hydroxyl groups is 1. The third kappa shape index (κ3) is 4.95. The largest absolute Gasteiger partial charge is 0.497 e. The number of carbonyl (C=O) groups is 1. The van der Waals surface area contributed by atoms with Crippen LogP contribution in [0.5, 0.6) is 5.75 Å². The van der Waals surface area contributed by atoms with Crippen LogP contribution in [0.1, 0.15) is 44.2 Å². The number of benzene rings is 1. The summed E-state index contributed by atoms with van der Waals surface area (Å²) in [6.07, 6.45) is 4.14. The third-order valence-electron chi connectivity index (χ3n) is 5.48. The molecule has 1 aromatic carbocycles. The highest BCUT2D eigenvalue weighted by Gasteiger charge is 2.34. The monoisotopic (exact) mass is 346 g/mol. The van der Waals surface area contributed by atoms with E-state index in [1.54, 1.807) is 7.11 Å². The van der Waals surface area contributed by atoms with Crippen molar-refractivity contribution in [3.63, 3.8) is 0 Å². The zero-order chi connectivity index (χ0) is 17.8. The maximum atomic E-state index is 12.6. The minimum atomic E-state index is -0.302. The van der Waals surface area contributed by atoms with E-state index in [1.165, 1.54) is 12.8 Å². The summed E-state index contributed by atoms with van der Waals surface area (Å²) in [5, 5.41) is 13.0. The van der Waals surface area contributed by atoms with Crippen molar-refractivity contribution < 1.29 is 14.6 Å². The highest BCUT2D eigenvalue weighted by molar-refractivity contribution is 5.78. The Bertz CT molecular complexity index is 569. The number of rotatable bonds is 7. The molecule has 1 aliphatic carbocycles. The molecule has 3 rings (SSSR count). The van der Waals surface area contributed by atoms with Gasteiger partial charge in [-0.25, -0.2) is 0 Å². The lowest BCUT2D eigenvalue weighted by Crippen LogP contribution is -2.45. The molecule has 2 fully saturated rings. The summed E-state index contributed by atoms with van der Waals surface area (Å²) in [6, 6.07) is 8.10. The van der Waals surface area contributed by atoms with Crippen molar-refractivity contribution in [1.82, 2.24) is 10.2 Å². The molecule has 1 saturated heterocycles. The Morgan fingerprint density at radius 2 is 2.00 bits per heavy atom. The Morgan fingerprint density at radius 3 is 2.60 bits per heavy atom. The fourth-order valence-electron chi connectivity index (χ4n) is 3.76. The van der Waals surface area contributed by atoms with Crippen molar-refractivity contribution in [1.29, 1.82) is 0 Å². The Kier molecular flexibility index (Phi) is 5.97. The number of carbonyl (C=O) groups excluding carboxylic acids is 1. The van der Waals surface area contributed by atoms with E-state index in [9.17, 15) is 9.90 Å². The van der Waals surface area contributed by atoms with Gasteiger partial charge in [0.15, 0.2) is 0 Å². The van der Waals surface area contributed by atoms with Crippen molar-refractivity contribution in [3.05, 3.63) is 29.8 Å². The summed E-state index contributed by atoms with van der Waals surface area (Å²) >= 11 is 0. The number of piperidine rings is 1. The van der Waals surface area contributed by atoms with Gasteiger partial charge in [0.1, 0.15) is 5.75 Å². The van der Waals surface area contributed by atoms with Crippen molar-refractivity contribution in [2.75, 3.05) is 26.7 Å². The van der Waals surface area contributed by atoms with Gasteiger partial charge in [-0.3, -0.25) is 9.69 Å². The first kappa shape index (κ1) is 18.2. The van der Waals surface area contributed by atoms with Gasteiger partial charge in [-0.15, -0.1) is 0 Å². The lowest BCUT2D eigenvalue weighted by molar-refractivity contribution is -0.123. The van der Waals surface area contributed by atoms with Crippen LogP contribution in [0, 0.1) is 11.8 Å². The zero-order valence-corrected chi connectivity index (χ0v) is 15.3. The first-order chi connectivity index (χ1) is 12.1. The molecule has 2 aliphatic rings. The van der Waals surface area contributed by atoms with Crippen LogP contribution in [0.2, 0.25) is 0 Å². The predicted molar refractivity (Wildman–Crippen MR) is 97.4 cm³/mol. The molecule has 3 atom stereocenters. The minimum Gasteiger partial charge on any atom is -0.497 e. The van der Waals surface area contributed by atoms with Crippen LogP contribution in [-0.2, 0) is 4.79 Å². The van der Waals surface area contributed by atoms with Gasteiger partial charge in [-0.2, -0.15) is 0 Å². The van der Waals surface area contributed by atoms with Gasteiger partial charge in [-0.05, 0) is 68.7 Å². The van der Waals surface area contributed by atoms with Crippen molar-refractivity contribution in [2.45, 2.75) is 44.8 Å². The number of hydrogen-bond acceptors (Lipinski definition) is 4. The highest BCUT2D eigenvalue weighted by atomic mass is 16.5. The van der Waals surface area contributed by atoms with Gasteiger partial charge >= 0.3 is 0 Å². The summed E-state index contributed by atoms with van der Waals surface area (Å²) in [5.41, 5.74) is 1.15. The van der Waals surface area contributed by atoms with Crippen molar-refractivity contribution in [2.24, 2.45) is 11.8 Å². The number of likely N-dealkylation sites (tertiary alicyclic amines) is 1. The number of nitrogens with zero attached hydrogens (tertiary/aromatic N) is 1. The fraction of sp³-hybridized carbons (Fsp3) is 0.650. The predicted octanol–water partition coefficient (Wildman–Crippen LogP) is 2.36. The Hall–Kier alpha value is -1.59. The average molecular weight is 346 g/mol. The van der Waals surface area contributed by atoms with Crippen molar-refractivity contribution >= 4 is 5.91 Å². The first-order valence-corrected chi connectivity index (χ1v) is 9.40.